The van der Waals surface area contributed by atoms with Gasteiger partial charge in [-0.05, 0) is 36.8 Å². The molecule has 2 unspecified atom stereocenters. The standard InChI is InChI=1S/C26H23ClN4O2/c1-17-25-29-21-13-7-8-14-22(21)31(25)23(15-24(32)28-20-12-6-5-11-19(20)27)26(33)30(17)16-18-9-3-2-4-10-18/h2-14,17,23H,15-16H2,1H3,(H,28,32). The lowest BCUT2D eigenvalue weighted by Crippen LogP contribution is -2.45. The number of para-hydroxylation sites is 3. The maximum atomic E-state index is 13.8. The number of hydrogen-bond donors (Lipinski definition) is 1. The maximum absolute atomic E-state index is 13.8. The Morgan fingerprint density at radius 1 is 1.00 bits per heavy atom. The first-order valence-corrected chi connectivity index (χ1v) is 11.3. The van der Waals surface area contributed by atoms with E-state index in [9.17, 15) is 9.59 Å². The molecule has 0 saturated carbocycles. The lowest BCUT2D eigenvalue weighted by Gasteiger charge is -2.38. The monoisotopic (exact) mass is 458 g/mol. The molecule has 33 heavy (non-hydrogen) atoms. The number of rotatable bonds is 5. The molecule has 7 heteroatoms. The number of carbonyl (C=O) groups is 2. The molecule has 0 saturated heterocycles. The third kappa shape index (κ3) is 3.98. The molecule has 0 spiro atoms. The van der Waals surface area contributed by atoms with E-state index in [1.165, 1.54) is 0 Å². The predicted molar refractivity (Wildman–Crippen MR) is 129 cm³/mol. The number of nitrogens with zero attached hydrogens (tertiary/aromatic N) is 3. The summed E-state index contributed by atoms with van der Waals surface area (Å²) in [5.41, 5.74) is 3.21. The van der Waals surface area contributed by atoms with Crippen LogP contribution in [0.3, 0.4) is 0 Å². The summed E-state index contributed by atoms with van der Waals surface area (Å²) in [7, 11) is 0. The van der Waals surface area contributed by atoms with Crippen molar-refractivity contribution in [2.75, 3.05) is 5.32 Å². The number of benzene rings is 3. The summed E-state index contributed by atoms with van der Waals surface area (Å²) in [6.45, 7) is 2.44. The molecule has 3 aromatic carbocycles. The van der Waals surface area contributed by atoms with E-state index in [1.54, 1.807) is 24.3 Å². The molecule has 4 aromatic rings. The Morgan fingerprint density at radius 2 is 1.70 bits per heavy atom. The smallest absolute Gasteiger partial charge is 0.247 e. The van der Waals surface area contributed by atoms with Crippen molar-refractivity contribution in [3.05, 3.63) is 95.3 Å². The number of amides is 2. The first-order valence-electron chi connectivity index (χ1n) is 10.9. The molecule has 2 heterocycles. The number of hydrogen-bond acceptors (Lipinski definition) is 3. The minimum atomic E-state index is -0.699. The number of halogens is 1. The molecule has 2 amide bonds. The molecule has 1 aromatic heterocycles. The van der Waals surface area contributed by atoms with E-state index in [0.717, 1.165) is 22.4 Å². The van der Waals surface area contributed by atoms with Gasteiger partial charge in [0.25, 0.3) is 0 Å². The average molecular weight is 459 g/mol. The van der Waals surface area contributed by atoms with Crippen molar-refractivity contribution < 1.29 is 9.59 Å². The molecule has 0 aliphatic carbocycles. The molecule has 6 nitrogen and oxygen atoms in total. The number of anilines is 1. The molecule has 0 bridgehead atoms. The van der Waals surface area contributed by atoms with Crippen LogP contribution in [0.25, 0.3) is 11.0 Å². The second-order valence-corrected chi connectivity index (χ2v) is 8.61. The second-order valence-electron chi connectivity index (χ2n) is 8.20. The van der Waals surface area contributed by atoms with E-state index in [4.69, 9.17) is 16.6 Å². The molecule has 1 aliphatic heterocycles. The number of fused-ring (bicyclic) bond motifs is 3. The van der Waals surface area contributed by atoms with Crippen LogP contribution >= 0.6 is 11.6 Å². The zero-order chi connectivity index (χ0) is 22.9. The summed E-state index contributed by atoms with van der Waals surface area (Å²) < 4.78 is 1.93. The Morgan fingerprint density at radius 3 is 2.48 bits per heavy atom. The van der Waals surface area contributed by atoms with E-state index < -0.39 is 6.04 Å². The van der Waals surface area contributed by atoms with Gasteiger partial charge in [0.2, 0.25) is 11.8 Å². The number of nitrogens with one attached hydrogen (secondary N) is 1. The zero-order valence-corrected chi connectivity index (χ0v) is 18.9. The highest BCUT2D eigenvalue weighted by Gasteiger charge is 2.40. The van der Waals surface area contributed by atoms with Crippen LogP contribution in [-0.2, 0) is 16.1 Å². The Hall–Kier alpha value is -3.64. The number of imidazole rings is 1. The molecule has 1 N–H and O–H groups in total. The van der Waals surface area contributed by atoms with E-state index >= 15 is 0 Å². The largest absolute Gasteiger partial charge is 0.327 e. The van der Waals surface area contributed by atoms with Crippen molar-refractivity contribution in [1.29, 1.82) is 0 Å². The van der Waals surface area contributed by atoms with Crippen LogP contribution in [0.2, 0.25) is 5.02 Å². The second kappa shape index (κ2) is 8.71. The van der Waals surface area contributed by atoms with Crippen LogP contribution in [0.1, 0.15) is 36.8 Å². The Kier molecular flexibility index (Phi) is 5.60. The van der Waals surface area contributed by atoms with Crippen LogP contribution in [-0.4, -0.2) is 26.3 Å². The molecule has 5 rings (SSSR count). The summed E-state index contributed by atoms with van der Waals surface area (Å²) in [5.74, 6) is 0.401. The zero-order valence-electron chi connectivity index (χ0n) is 18.1. The molecular weight excluding hydrogens is 436 g/mol. The van der Waals surface area contributed by atoms with Gasteiger partial charge < -0.3 is 14.8 Å². The van der Waals surface area contributed by atoms with E-state index in [-0.39, 0.29) is 24.3 Å². The van der Waals surface area contributed by atoms with E-state index in [1.807, 2.05) is 71.0 Å². The summed E-state index contributed by atoms with van der Waals surface area (Å²) in [4.78, 5) is 33.4. The Labute approximate surface area is 196 Å². The normalized spacial score (nSPS) is 17.8. The number of carbonyl (C=O) groups excluding carboxylic acids is 2. The van der Waals surface area contributed by atoms with Crippen LogP contribution < -0.4 is 5.32 Å². The fourth-order valence-electron chi connectivity index (χ4n) is 4.43. The van der Waals surface area contributed by atoms with Crippen molar-refractivity contribution in [3.63, 3.8) is 0 Å². The third-order valence-corrected chi connectivity index (χ3v) is 6.40. The van der Waals surface area contributed by atoms with Crippen molar-refractivity contribution in [3.8, 4) is 0 Å². The van der Waals surface area contributed by atoms with Crippen molar-refractivity contribution >= 4 is 40.1 Å². The Bertz CT molecular complexity index is 1330. The maximum Gasteiger partial charge on any atom is 0.247 e. The first kappa shape index (κ1) is 21.2. The lowest BCUT2D eigenvalue weighted by atomic mass is 10.0. The minimum Gasteiger partial charge on any atom is -0.327 e. The van der Waals surface area contributed by atoms with Crippen LogP contribution in [0, 0.1) is 0 Å². The van der Waals surface area contributed by atoms with Gasteiger partial charge in [0.05, 0.1) is 34.2 Å². The highest BCUT2D eigenvalue weighted by Crippen LogP contribution is 2.37. The van der Waals surface area contributed by atoms with Crippen LogP contribution in [0.5, 0.6) is 0 Å². The fourth-order valence-corrected chi connectivity index (χ4v) is 4.61. The molecule has 166 valence electrons. The summed E-state index contributed by atoms with van der Waals surface area (Å²) in [5, 5.41) is 3.30. The van der Waals surface area contributed by atoms with Gasteiger partial charge in [-0.15, -0.1) is 0 Å². The Balaban J connectivity index is 1.52. The predicted octanol–water partition coefficient (Wildman–Crippen LogP) is 5.36. The SMILES string of the molecule is CC1c2nc3ccccc3n2C(CC(=O)Nc2ccccc2Cl)C(=O)N1Cc1ccccc1. The highest BCUT2D eigenvalue weighted by atomic mass is 35.5. The van der Waals surface area contributed by atoms with E-state index in [2.05, 4.69) is 5.32 Å². The van der Waals surface area contributed by atoms with Crippen LogP contribution in [0.15, 0.2) is 78.9 Å². The van der Waals surface area contributed by atoms with Gasteiger partial charge in [0.1, 0.15) is 11.9 Å². The van der Waals surface area contributed by atoms with Gasteiger partial charge in [-0.1, -0.05) is 66.2 Å². The van der Waals surface area contributed by atoms with Gasteiger partial charge in [0, 0.05) is 6.54 Å². The quantitative estimate of drug-likeness (QED) is 0.437. The lowest BCUT2D eigenvalue weighted by molar-refractivity contribution is -0.142. The summed E-state index contributed by atoms with van der Waals surface area (Å²) in [6.07, 6.45) is -0.0184. The molecule has 1 aliphatic rings. The molecule has 0 fully saturated rings. The van der Waals surface area contributed by atoms with Crippen LogP contribution in [0.4, 0.5) is 5.69 Å². The average Bonchev–Trinajstić information content (AvgIpc) is 3.21. The first-order chi connectivity index (χ1) is 16.0. The fraction of sp³-hybridized carbons (Fsp3) is 0.192. The van der Waals surface area contributed by atoms with Crippen molar-refractivity contribution in [2.24, 2.45) is 0 Å². The van der Waals surface area contributed by atoms with Gasteiger partial charge in [0.15, 0.2) is 0 Å². The van der Waals surface area contributed by atoms with Crippen molar-refractivity contribution in [1.82, 2.24) is 14.5 Å². The summed E-state index contributed by atoms with van der Waals surface area (Å²) in [6, 6.07) is 23.7. The van der Waals surface area contributed by atoms with Gasteiger partial charge >= 0.3 is 0 Å². The molecule has 0 radical (unpaired) electrons. The minimum absolute atomic E-state index is 0.0184. The topological polar surface area (TPSA) is 67.2 Å². The van der Waals surface area contributed by atoms with Crippen molar-refractivity contribution in [2.45, 2.75) is 32.0 Å². The third-order valence-electron chi connectivity index (χ3n) is 6.07. The summed E-state index contributed by atoms with van der Waals surface area (Å²) >= 11 is 6.21. The number of aromatic nitrogens is 2. The van der Waals surface area contributed by atoms with Gasteiger partial charge in [-0.25, -0.2) is 4.98 Å². The van der Waals surface area contributed by atoms with Gasteiger partial charge in [-0.2, -0.15) is 0 Å². The van der Waals surface area contributed by atoms with Gasteiger partial charge in [-0.3, -0.25) is 9.59 Å². The van der Waals surface area contributed by atoms with E-state index in [0.29, 0.717) is 17.3 Å². The molecular formula is C26H23ClN4O2. The highest BCUT2D eigenvalue weighted by molar-refractivity contribution is 6.33. The molecule has 2 atom stereocenters.